The first-order valence-electron chi connectivity index (χ1n) is 30.8. The van der Waals surface area contributed by atoms with Crippen molar-refractivity contribution in [3.8, 4) is 11.5 Å². The Hall–Kier alpha value is -7.23. The molecule has 2 aliphatic heterocycles. The maximum atomic E-state index is 13.6. The first-order chi connectivity index (χ1) is 43.5. The van der Waals surface area contributed by atoms with Crippen LogP contribution in [0.1, 0.15) is 122 Å². The molecule has 1 aromatic rings. The number of carbonyl (C=O) groups excluding carboxylic acids is 8. The van der Waals surface area contributed by atoms with E-state index in [1.807, 2.05) is 53.7 Å². The first-order valence-corrected chi connectivity index (χ1v) is 31.1. The Morgan fingerprint density at radius 1 is 0.760 bits per heavy atom. The molecule has 0 unspecified atom stereocenters. The molecule has 24 nitrogen and oxygen atoms in total. The highest BCUT2D eigenvalue weighted by Gasteiger charge is 2.37. The number of benzene rings is 1. The van der Waals surface area contributed by atoms with E-state index in [-0.39, 0.29) is 95.6 Å². The number of rotatable bonds is 12. The van der Waals surface area contributed by atoms with E-state index < -0.39 is 101 Å². The van der Waals surface area contributed by atoms with E-state index >= 15 is 0 Å². The van der Waals surface area contributed by atoms with Crippen molar-refractivity contribution in [3.05, 3.63) is 131 Å². The van der Waals surface area contributed by atoms with Gasteiger partial charge in [-0.1, -0.05) is 103 Å². The predicted molar refractivity (Wildman–Crippen MR) is 365 cm³/mol. The Morgan fingerprint density at radius 3 is 1.55 bits per heavy atom. The molecule has 538 valence electrons. The van der Waals surface area contributed by atoms with E-state index in [1.165, 1.54) is 40.2 Å². The van der Waals surface area contributed by atoms with Crippen LogP contribution in [0.2, 0.25) is 0 Å². The fourth-order valence-corrected chi connectivity index (χ4v) is 10.2. The minimum Gasteiger partial charge on any atom is -1.00 e. The highest BCUT2D eigenvalue weighted by atomic mass is 35.5. The maximum absolute atomic E-state index is 13.6. The number of anilines is 1. The number of aliphatic carboxylic acids is 1. The average molecular weight is 1410 g/mol. The lowest BCUT2D eigenvalue weighted by molar-refractivity contribution is -0.562. The number of aliphatic hydroxyl groups is 2. The fourth-order valence-electron chi connectivity index (χ4n) is 10.2. The number of hydrogen-bond donors (Lipinski definition) is 11. The number of carboxylic acids is 1. The smallest absolute Gasteiger partial charge is 0.405 e. The van der Waals surface area contributed by atoms with Crippen molar-refractivity contribution >= 4 is 82.2 Å². The lowest BCUT2D eigenvalue weighted by Gasteiger charge is -2.32. The number of ether oxygens (including phenoxy) is 4. The number of phenolic OH excluding ortho intramolecular Hbond substituents is 2. The second kappa shape index (κ2) is 42.4. The molecule has 27 heteroatoms. The number of primary amides is 2. The molecule has 2 heterocycles. The number of halogens is 3. The van der Waals surface area contributed by atoms with Crippen LogP contribution in [-0.2, 0) is 54.1 Å². The van der Waals surface area contributed by atoms with Crippen molar-refractivity contribution in [1.29, 1.82) is 0 Å². The van der Waals surface area contributed by atoms with E-state index in [4.69, 9.17) is 47.7 Å². The zero-order valence-electron chi connectivity index (χ0n) is 58.1. The van der Waals surface area contributed by atoms with Crippen molar-refractivity contribution < 1.29 is 106 Å². The number of phenols is 2. The Labute approximate surface area is 582 Å². The lowest BCUT2D eigenvalue weighted by atomic mass is 9.81. The summed E-state index contributed by atoms with van der Waals surface area (Å²) in [7, 11) is 2.98. The molecule has 4 rings (SSSR count). The fraction of sp³-hybridized carbons (Fsp3) is 0.507. The van der Waals surface area contributed by atoms with Gasteiger partial charge in [-0.05, 0) is 122 Å². The molecule has 0 aromatic heterocycles. The van der Waals surface area contributed by atoms with Crippen LogP contribution in [0.4, 0.5) is 21.0 Å². The summed E-state index contributed by atoms with van der Waals surface area (Å²) in [5, 5.41) is 61.1. The number of allylic oxidation sites excluding steroid dienone is 8. The molecule has 3 aliphatic rings. The van der Waals surface area contributed by atoms with E-state index in [0.29, 0.717) is 58.5 Å². The van der Waals surface area contributed by atoms with Gasteiger partial charge in [0.1, 0.15) is 29.5 Å². The van der Waals surface area contributed by atoms with Crippen molar-refractivity contribution in [1.82, 2.24) is 5.32 Å². The summed E-state index contributed by atoms with van der Waals surface area (Å²) in [6.45, 7) is 31.8. The summed E-state index contributed by atoms with van der Waals surface area (Å²) in [6, 6.07) is 1.31. The second-order valence-corrected chi connectivity index (χ2v) is 25.6. The SMILES string of the molecule is C=CCCC1=C2C[C@@H](C)[C@H](OC)[C@H](O)[C@@H](C)/C=C(\C)[C@H](OC(N)=O)[C@@H](C)/C=C\C=C(/C)C(=O)NC(=CC1=O)C2=O.C=CC[NH2+]c1c(O)cc2c(O)c1C[C@@H](C)[C@H](OC)[C@H](O)[C@@H](C)/C=C(\C)[C@H](OC(N)=O)[C@@H](C)/C=C\C=C(/C)C(=O)N2.CC(C)(N)C(=O)Cl.CC(C)([NH3+])C(=O)[O-].Cl.[Cl-]. The summed E-state index contributed by atoms with van der Waals surface area (Å²) in [5.74, 6) is -5.34. The predicted octanol–water partition coefficient (Wildman–Crippen LogP) is 2.84. The molecule has 0 spiro atoms. The lowest BCUT2D eigenvalue weighted by Crippen LogP contribution is -3.00. The van der Waals surface area contributed by atoms with Crippen molar-refractivity contribution in [2.45, 2.75) is 170 Å². The van der Waals surface area contributed by atoms with E-state index in [0.717, 1.165) is 0 Å². The molecular formula is C69H104Cl3N7O17. The molecule has 12 atom stereocenters. The monoisotopic (exact) mass is 1410 g/mol. The summed E-state index contributed by atoms with van der Waals surface area (Å²) < 4.78 is 22.2. The standard InChI is InChI=1S/C31H42N2O7.C30H43N3O7.C4H8ClNO.C4H9NO2.2ClH/c1-8-9-13-22-23-15-21(6)29(39-7)26(35)19(4)14-20(5)28(40-31(32)38)17(2)11-10-12-18(3)30(37)33-24(27(23)36)16-25(22)34;1-8-12-32-24-21-14-20(6)28(39-7)25(35)18(4)13-19(5)27(40-30(31)38)16(2)10-9-11-17(3)29(37)33-22(26(21)36)15-23(24)34;1-4(2,6)3(5)7;1-4(2,5)3(6)7;;/h8,10-12,14,16-17,19,21,26,28-29,35H,1,9,13,15H2,2-7H3,(H2,32,38)(H,33,37);8-11,13,15-16,18,20,25,27-28,32,34-36H,1,12,14H2,2-7H3,(H2,31,38)(H,33,37);6H2,1-2H3;5H2,1-2H3,(H,6,7);2*1H/b11-10-,18-12+,20-14+;10-9-,17-11+,19-13+;;;;/t17-,19-,21+,26+,28+,29-;16-,18-,20+,25+,27+,28-;;;;/m00..../s1. The van der Waals surface area contributed by atoms with Gasteiger partial charge in [0.05, 0.1) is 53.4 Å². The van der Waals surface area contributed by atoms with Crippen LogP contribution in [0.25, 0.3) is 0 Å². The number of carboxylic acid groups (broad SMARTS) is 1. The number of fused-ring (bicyclic) bond motifs is 4. The Bertz CT molecular complexity index is 3130. The number of carbonyl (C=O) groups is 8. The summed E-state index contributed by atoms with van der Waals surface area (Å²) in [5.41, 5.74) is 20.8. The van der Waals surface area contributed by atoms with Crippen LogP contribution in [-0.4, -0.2) is 136 Å². The zero-order valence-corrected chi connectivity index (χ0v) is 60.4. The van der Waals surface area contributed by atoms with Gasteiger partial charge < -0.3 is 101 Å². The highest BCUT2D eigenvalue weighted by Crippen LogP contribution is 2.41. The maximum Gasteiger partial charge on any atom is 0.405 e. The number of aromatic hydroxyl groups is 2. The summed E-state index contributed by atoms with van der Waals surface area (Å²) in [6.07, 6.45) is 12.8. The quantitative estimate of drug-likeness (QED) is 0.0358. The average Bonchev–Trinajstić information content (AvgIpc) is 0.802. The first kappa shape index (κ1) is 90.8. The summed E-state index contributed by atoms with van der Waals surface area (Å²) in [4.78, 5) is 95.8. The molecule has 4 bridgehead atoms. The van der Waals surface area contributed by atoms with Gasteiger partial charge in [0, 0.05) is 72.3 Å². The summed E-state index contributed by atoms with van der Waals surface area (Å²) >= 11 is 4.99. The Balaban J connectivity index is 0. The number of ketones is 2. The van der Waals surface area contributed by atoms with E-state index in [9.17, 15) is 63.9 Å². The van der Waals surface area contributed by atoms with E-state index in [1.54, 1.807) is 95.5 Å². The van der Waals surface area contributed by atoms with Crippen LogP contribution in [0.5, 0.6) is 11.5 Å². The molecule has 0 fully saturated rings. The van der Waals surface area contributed by atoms with Gasteiger partial charge in [-0.25, -0.2) is 9.59 Å². The van der Waals surface area contributed by atoms with Crippen LogP contribution in [0.3, 0.4) is 0 Å². The van der Waals surface area contributed by atoms with Gasteiger partial charge in [-0.2, -0.15) is 0 Å². The third-order valence-electron chi connectivity index (χ3n) is 15.6. The van der Waals surface area contributed by atoms with Gasteiger partial charge >= 0.3 is 12.2 Å². The normalized spacial score (nSPS) is 27.6. The number of hydrogen-bond acceptors (Lipinski definition) is 18. The third-order valence-corrected chi connectivity index (χ3v) is 16.1. The molecule has 1 aliphatic carbocycles. The molecule has 1 aromatic carbocycles. The van der Waals surface area contributed by atoms with Crippen LogP contribution in [0, 0.1) is 35.5 Å². The second-order valence-electron chi connectivity index (χ2n) is 25.2. The molecule has 4 amide bonds. The largest absolute Gasteiger partial charge is 1.00 e. The van der Waals surface area contributed by atoms with E-state index in [2.05, 4.69) is 29.5 Å². The number of amides is 4. The van der Waals surface area contributed by atoms with Gasteiger partial charge in [0.25, 0.3) is 11.8 Å². The zero-order chi connectivity index (χ0) is 72.4. The van der Waals surface area contributed by atoms with Gasteiger partial charge in [-0.3, -0.25) is 24.0 Å². The Kier molecular flexibility index (Phi) is 40.2. The van der Waals surface area contributed by atoms with Gasteiger partial charge in [-0.15, -0.1) is 19.0 Å². The van der Waals surface area contributed by atoms with Crippen LogP contribution < -0.4 is 56.4 Å². The molecule has 17 N–H and O–H groups in total. The minimum absolute atomic E-state index is 0. The van der Waals surface area contributed by atoms with Gasteiger partial charge in [0.15, 0.2) is 17.2 Å². The number of nitrogens with one attached hydrogen (secondary N) is 2. The van der Waals surface area contributed by atoms with Crippen LogP contribution >= 0.6 is 24.0 Å². The number of methoxy groups -OCH3 is 2. The highest BCUT2D eigenvalue weighted by molar-refractivity contribution is 6.65. The number of Topliss-reactive ketones (excluding diaryl/α,β-unsaturated/α-hetero) is 1. The number of quaternary nitrogens is 2. The molecule has 0 saturated heterocycles. The van der Waals surface area contributed by atoms with Crippen molar-refractivity contribution in [2.75, 3.05) is 26.1 Å². The molecule has 0 radical (unpaired) electrons. The van der Waals surface area contributed by atoms with Crippen molar-refractivity contribution in [2.24, 2.45) is 52.7 Å². The van der Waals surface area contributed by atoms with Crippen LogP contribution in [0.15, 0.2) is 125 Å². The number of aliphatic hydroxyl groups excluding tert-OH is 2. The van der Waals surface area contributed by atoms with Crippen molar-refractivity contribution in [3.63, 3.8) is 0 Å². The topological polar surface area (TPSA) is 424 Å². The number of nitrogens with two attached hydrogens (primary N) is 4. The van der Waals surface area contributed by atoms with Gasteiger partial charge in [0.2, 0.25) is 11.0 Å². The molecular weight excluding hydrogens is 1310 g/mol. The third kappa shape index (κ3) is 28.8. The minimum atomic E-state index is -1.12. The molecule has 96 heavy (non-hydrogen) atoms. The Morgan fingerprint density at radius 2 is 1.18 bits per heavy atom. The molecule has 0 saturated carbocycles.